The summed E-state index contributed by atoms with van der Waals surface area (Å²) in [7, 11) is -4.02. The average Bonchev–Trinajstić information content (AvgIpc) is 3.09. The Morgan fingerprint density at radius 3 is 2.56 bits per heavy atom. The maximum atomic E-state index is 14.0. The van der Waals surface area contributed by atoms with E-state index in [2.05, 4.69) is 9.82 Å². The van der Waals surface area contributed by atoms with Crippen LogP contribution >= 0.6 is 11.6 Å². The fraction of sp³-hybridized carbons (Fsp3) is 0.118. The van der Waals surface area contributed by atoms with Gasteiger partial charge in [0, 0.05) is 18.9 Å². The van der Waals surface area contributed by atoms with Crippen LogP contribution in [0.2, 0.25) is 5.02 Å². The number of benzene rings is 2. The number of rotatable bonds is 6. The largest absolute Gasteiger partial charge is 0.268 e. The second-order valence-corrected chi connectivity index (χ2v) is 7.49. The highest BCUT2D eigenvalue weighted by molar-refractivity contribution is 7.89. The zero-order valence-electron chi connectivity index (χ0n) is 13.1. The summed E-state index contributed by atoms with van der Waals surface area (Å²) in [4.78, 5) is -0.468. The lowest BCUT2D eigenvalue weighted by atomic mass is 10.1. The van der Waals surface area contributed by atoms with Crippen LogP contribution in [0, 0.1) is 5.82 Å². The molecule has 0 aliphatic rings. The predicted octanol–water partition coefficient (Wildman–Crippen LogP) is 3.20. The molecular weight excluding hydrogens is 365 g/mol. The molecule has 25 heavy (non-hydrogen) atoms. The molecule has 0 amide bonds. The van der Waals surface area contributed by atoms with Gasteiger partial charge < -0.3 is 0 Å². The monoisotopic (exact) mass is 379 g/mol. The minimum Gasteiger partial charge on any atom is -0.268 e. The Morgan fingerprint density at radius 1 is 1.08 bits per heavy atom. The van der Waals surface area contributed by atoms with E-state index in [1.54, 1.807) is 10.9 Å². The summed E-state index contributed by atoms with van der Waals surface area (Å²) in [5.74, 6) is -0.957. The minimum absolute atomic E-state index is 0.0335. The van der Waals surface area contributed by atoms with Crippen LogP contribution in [0.5, 0.6) is 0 Å². The molecule has 1 aromatic heterocycles. The van der Waals surface area contributed by atoms with Crippen molar-refractivity contribution in [1.29, 1.82) is 0 Å². The van der Waals surface area contributed by atoms with Crippen LogP contribution in [-0.4, -0.2) is 18.2 Å². The number of hydrogen-bond acceptors (Lipinski definition) is 3. The van der Waals surface area contributed by atoms with Gasteiger partial charge in [-0.3, -0.25) is 4.68 Å². The van der Waals surface area contributed by atoms with Gasteiger partial charge in [-0.15, -0.1) is 0 Å². The summed E-state index contributed by atoms with van der Waals surface area (Å²) >= 11 is 5.66. The summed E-state index contributed by atoms with van der Waals surface area (Å²) in [5, 5.41) is 3.91. The van der Waals surface area contributed by atoms with Crippen molar-refractivity contribution in [3.63, 3.8) is 0 Å². The van der Waals surface area contributed by atoms with Crippen molar-refractivity contribution < 1.29 is 12.8 Å². The standard InChI is InChI=1S/C17H15ClFN3O2S/c18-15-7-3-8-16(17(15)19)25(23,24)21-11-13-5-1-2-6-14(13)12-22-10-4-9-20-22/h1-10,21H,11-12H2. The molecular formula is C17H15ClFN3O2S. The van der Waals surface area contributed by atoms with Crippen LogP contribution in [0.3, 0.4) is 0 Å². The fourth-order valence-corrected chi connectivity index (χ4v) is 3.73. The van der Waals surface area contributed by atoms with Gasteiger partial charge in [0.25, 0.3) is 0 Å². The van der Waals surface area contributed by atoms with E-state index in [1.165, 1.54) is 18.2 Å². The zero-order valence-corrected chi connectivity index (χ0v) is 14.6. The Balaban J connectivity index is 1.80. The Labute approximate surface area is 150 Å². The Bertz CT molecular complexity index is 975. The fourth-order valence-electron chi connectivity index (χ4n) is 2.39. The Kier molecular flexibility index (Phi) is 5.17. The maximum Gasteiger partial charge on any atom is 0.243 e. The van der Waals surface area contributed by atoms with Gasteiger partial charge in [0.2, 0.25) is 10.0 Å². The first-order chi connectivity index (χ1) is 12.0. The number of sulfonamides is 1. The minimum atomic E-state index is -4.02. The third-order valence-electron chi connectivity index (χ3n) is 3.67. The van der Waals surface area contributed by atoms with E-state index in [1.807, 2.05) is 36.5 Å². The topological polar surface area (TPSA) is 64.0 Å². The SMILES string of the molecule is O=S(=O)(NCc1ccccc1Cn1cccn1)c1cccc(Cl)c1F. The molecule has 0 atom stereocenters. The summed E-state index contributed by atoms with van der Waals surface area (Å²) in [5.41, 5.74) is 1.70. The van der Waals surface area contributed by atoms with E-state index in [0.717, 1.165) is 11.1 Å². The van der Waals surface area contributed by atoms with Crippen LogP contribution < -0.4 is 4.72 Å². The van der Waals surface area contributed by atoms with Gasteiger partial charge >= 0.3 is 0 Å². The van der Waals surface area contributed by atoms with E-state index < -0.39 is 20.7 Å². The molecule has 0 aliphatic heterocycles. The summed E-state index contributed by atoms with van der Waals surface area (Å²) in [6.45, 7) is 0.544. The van der Waals surface area contributed by atoms with Crippen molar-refractivity contribution in [2.75, 3.05) is 0 Å². The molecule has 0 unspecified atom stereocenters. The van der Waals surface area contributed by atoms with Crippen molar-refractivity contribution in [2.24, 2.45) is 0 Å². The lowest BCUT2D eigenvalue weighted by Crippen LogP contribution is -2.25. The molecule has 0 saturated carbocycles. The first-order valence-corrected chi connectivity index (χ1v) is 9.31. The first-order valence-electron chi connectivity index (χ1n) is 7.45. The molecule has 0 saturated heterocycles. The van der Waals surface area contributed by atoms with Crippen LogP contribution in [-0.2, 0) is 23.1 Å². The molecule has 8 heteroatoms. The van der Waals surface area contributed by atoms with Gasteiger partial charge in [-0.05, 0) is 29.3 Å². The predicted molar refractivity (Wildman–Crippen MR) is 93.2 cm³/mol. The van der Waals surface area contributed by atoms with E-state index in [0.29, 0.717) is 6.54 Å². The van der Waals surface area contributed by atoms with E-state index in [9.17, 15) is 12.8 Å². The third kappa shape index (κ3) is 4.07. The van der Waals surface area contributed by atoms with Crippen LogP contribution in [0.4, 0.5) is 4.39 Å². The molecule has 0 radical (unpaired) electrons. The van der Waals surface area contributed by atoms with E-state index >= 15 is 0 Å². The summed E-state index contributed by atoms with van der Waals surface area (Å²) < 4.78 is 42.9. The van der Waals surface area contributed by atoms with Crippen LogP contribution in [0.1, 0.15) is 11.1 Å². The molecule has 0 fully saturated rings. The summed E-state index contributed by atoms with van der Waals surface area (Å²) in [6, 6.07) is 13.1. The van der Waals surface area contributed by atoms with Crippen molar-refractivity contribution in [3.8, 4) is 0 Å². The Hall–Kier alpha value is -2.22. The molecule has 0 aliphatic carbocycles. The highest BCUT2D eigenvalue weighted by atomic mass is 35.5. The van der Waals surface area contributed by atoms with Gasteiger partial charge in [-0.1, -0.05) is 41.9 Å². The molecule has 5 nitrogen and oxygen atoms in total. The lowest BCUT2D eigenvalue weighted by Gasteiger charge is -2.12. The maximum absolute atomic E-state index is 14.0. The average molecular weight is 380 g/mol. The molecule has 2 aromatic carbocycles. The second-order valence-electron chi connectivity index (χ2n) is 5.35. The normalized spacial score (nSPS) is 11.6. The highest BCUT2D eigenvalue weighted by Gasteiger charge is 2.20. The molecule has 0 bridgehead atoms. The van der Waals surface area contributed by atoms with E-state index in [-0.39, 0.29) is 11.6 Å². The first kappa shape index (κ1) is 17.6. The van der Waals surface area contributed by atoms with Crippen LogP contribution in [0.25, 0.3) is 0 Å². The van der Waals surface area contributed by atoms with Crippen molar-refractivity contribution in [1.82, 2.24) is 14.5 Å². The third-order valence-corrected chi connectivity index (χ3v) is 5.38. The van der Waals surface area contributed by atoms with Gasteiger partial charge in [-0.2, -0.15) is 5.10 Å². The molecule has 0 spiro atoms. The van der Waals surface area contributed by atoms with Gasteiger partial charge in [0.05, 0.1) is 11.6 Å². The molecule has 3 aromatic rings. The van der Waals surface area contributed by atoms with Crippen molar-refractivity contribution >= 4 is 21.6 Å². The second kappa shape index (κ2) is 7.35. The molecule has 1 heterocycles. The van der Waals surface area contributed by atoms with Crippen molar-refractivity contribution in [2.45, 2.75) is 18.0 Å². The molecule has 1 N–H and O–H groups in total. The van der Waals surface area contributed by atoms with E-state index in [4.69, 9.17) is 11.6 Å². The summed E-state index contributed by atoms with van der Waals surface area (Å²) in [6.07, 6.45) is 3.50. The number of hydrogen-bond donors (Lipinski definition) is 1. The van der Waals surface area contributed by atoms with Crippen molar-refractivity contribution in [3.05, 3.63) is 82.9 Å². The van der Waals surface area contributed by atoms with Gasteiger partial charge in [0.15, 0.2) is 5.82 Å². The van der Waals surface area contributed by atoms with Crippen LogP contribution in [0.15, 0.2) is 65.8 Å². The molecule has 3 rings (SSSR count). The highest BCUT2D eigenvalue weighted by Crippen LogP contribution is 2.22. The quantitative estimate of drug-likeness (QED) is 0.715. The lowest BCUT2D eigenvalue weighted by molar-refractivity contribution is 0.556. The number of nitrogens with one attached hydrogen (secondary N) is 1. The Morgan fingerprint density at radius 2 is 1.84 bits per heavy atom. The van der Waals surface area contributed by atoms with Gasteiger partial charge in [0.1, 0.15) is 4.90 Å². The number of halogens is 2. The zero-order chi connectivity index (χ0) is 17.9. The number of aromatic nitrogens is 2. The molecule has 130 valence electrons. The number of nitrogens with zero attached hydrogens (tertiary/aromatic N) is 2. The van der Waals surface area contributed by atoms with Gasteiger partial charge in [-0.25, -0.2) is 17.5 Å². The smallest absolute Gasteiger partial charge is 0.243 e.